The predicted molar refractivity (Wildman–Crippen MR) is 110 cm³/mol. The molecule has 3 aromatic rings. The summed E-state index contributed by atoms with van der Waals surface area (Å²) in [5, 5.41) is 0.464. The van der Waals surface area contributed by atoms with Gasteiger partial charge < -0.3 is 18.6 Å². The van der Waals surface area contributed by atoms with E-state index in [0.29, 0.717) is 22.3 Å². The SMILES string of the molecule is CCOC(=O)C(CC(=O)c1ccccc1)c1cc(=O)oc2c(OC)c(OC)ccc12. The van der Waals surface area contributed by atoms with Gasteiger partial charge in [0, 0.05) is 23.4 Å². The van der Waals surface area contributed by atoms with E-state index < -0.39 is 17.5 Å². The minimum absolute atomic E-state index is 0.140. The van der Waals surface area contributed by atoms with Gasteiger partial charge in [0.1, 0.15) is 0 Å². The van der Waals surface area contributed by atoms with Gasteiger partial charge in [0.25, 0.3) is 0 Å². The summed E-state index contributed by atoms with van der Waals surface area (Å²) >= 11 is 0. The average Bonchev–Trinajstić information content (AvgIpc) is 2.76. The molecule has 0 aliphatic heterocycles. The van der Waals surface area contributed by atoms with Crippen LogP contribution in [0, 0.1) is 0 Å². The number of carbonyl (C=O) groups excluding carboxylic acids is 2. The zero-order chi connectivity index (χ0) is 21.7. The second-order valence-corrected chi connectivity index (χ2v) is 6.50. The first-order chi connectivity index (χ1) is 14.5. The highest BCUT2D eigenvalue weighted by Gasteiger charge is 2.29. The Morgan fingerprint density at radius 1 is 1.03 bits per heavy atom. The minimum Gasteiger partial charge on any atom is -0.493 e. The maximum absolute atomic E-state index is 12.8. The first-order valence-electron chi connectivity index (χ1n) is 9.43. The molecule has 1 atom stereocenters. The summed E-state index contributed by atoms with van der Waals surface area (Å²) in [6.07, 6.45) is -0.157. The Morgan fingerprint density at radius 2 is 1.77 bits per heavy atom. The van der Waals surface area contributed by atoms with E-state index in [1.165, 1.54) is 20.3 Å². The number of hydrogen-bond acceptors (Lipinski definition) is 7. The predicted octanol–water partition coefficient (Wildman–Crippen LogP) is 3.73. The zero-order valence-corrected chi connectivity index (χ0v) is 17.0. The topological polar surface area (TPSA) is 92.0 Å². The average molecular weight is 410 g/mol. The standard InChI is InChI=1S/C23H22O7/c1-4-29-23(26)17(12-18(24)14-8-6-5-7-9-14)16-13-20(25)30-21-15(16)10-11-19(27-2)22(21)28-3/h5-11,13,17H,4,12H2,1-3H3. The van der Waals surface area contributed by atoms with Crippen LogP contribution in [0.5, 0.6) is 11.5 Å². The maximum atomic E-state index is 12.8. The van der Waals surface area contributed by atoms with E-state index in [0.717, 1.165) is 0 Å². The van der Waals surface area contributed by atoms with Gasteiger partial charge in [0.15, 0.2) is 17.1 Å². The number of carbonyl (C=O) groups is 2. The summed E-state index contributed by atoms with van der Waals surface area (Å²) in [6, 6.07) is 13.2. The van der Waals surface area contributed by atoms with Crippen LogP contribution in [-0.4, -0.2) is 32.6 Å². The van der Waals surface area contributed by atoms with Gasteiger partial charge in [-0.15, -0.1) is 0 Å². The van der Waals surface area contributed by atoms with E-state index in [4.69, 9.17) is 18.6 Å². The van der Waals surface area contributed by atoms with Gasteiger partial charge in [0.05, 0.1) is 26.7 Å². The van der Waals surface area contributed by atoms with E-state index in [1.807, 2.05) is 0 Å². The molecule has 1 aromatic heterocycles. The monoisotopic (exact) mass is 410 g/mol. The highest BCUT2D eigenvalue weighted by atomic mass is 16.5. The van der Waals surface area contributed by atoms with Crippen LogP contribution in [0.4, 0.5) is 0 Å². The fraction of sp³-hybridized carbons (Fsp3) is 0.261. The number of hydrogen-bond donors (Lipinski definition) is 0. The Balaban J connectivity index is 2.16. The van der Waals surface area contributed by atoms with Crippen molar-refractivity contribution in [3.8, 4) is 11.5 Å². The molecule has 0 saturated carbocycles. The van der Waals surface area contributed by atoms with Gasteiger partial charge in [-0.3, -0.25) is 9.59 Å². The maximum Gasteiger partial charge on any atom is 0.336 e. The number of benzene rings is 2. The third-order valence-corrected chi connectivity index (χ3v) is 4.72. The lowest BCUT2D eigenvalue weighted by atomic mass is 9.89. The molecule has 7 heteroatoms. The van der Waals surface area contributed by atoms with Crippen molar-refractivity contribution < 1.29 is 28.2 Å². The van der Waals surface area contributed by atoms with Crippen LogP contribution >= 0.6 is 0 Å². The summed E-state index contributed by atoms with van der Waals surface area (Å²) in [5.41, 5.74) is 0.273. The molecule has 0 spiro atoms. The molecule has 2 aromatic carbocycles. The molecule has 1 heterocycles. The van der Waals surface area contributed by atoms with Crippen molar-refractivity contribution in [3.05, 3.63) is 70.1 Å². The van der Waals surface area contributed by atoms with Crippen molar-refractivity contribution in [1.29, 1.82) is 0 Å². The Labute approximate surface area is 173 Å². The van der Waals surface area contributed by atoms with Crippen molar-refractivity contribution in [1.82, 2.24) is 0 Å². The van der Waals surface area contributed by atoms with E-state index in [1.54, 1.807) is 49.4 Å². The summed E-state index contributed by atoms with van der Waals surface area (Å²) in [4.78, 5) is 37.9. The molecule has 30 heavy (non-hydrogen) atoms. The molecule has 7 nitrogen and oxygen atoms in total. The number of ketones is 1. The number of methoxy groups -OCH3 is 2. The third kappa shape index (κ3) is 4.20. The Morgan fingerprint density at radius 3 is 2.40 bits per heavy atom. The Bertz CT molecular complexity index is 1120. The van der Waals surface area contributed by atoms with Crippen LogP contribution in [0.1, 0.15) is 35.2 Å². The lowest BCUT2D eigenvalue weighted by molar-refractivity contribution is -0.144. The van der Waals surface area contributed by atoms with Crippen molar-refractivity contribution >= 4 is 22.7 Å². The van der Waals surface area contributed by atoms with Crippen LogP contribution in [0.2, 0.25) is 0 Å². The molecule has 0 N–H and O–H groups in total. The summed E-state index contributed by atoms with van der Waals surface area (Å²) in [5.74, 6) is -1.22. The molecule has 0 aliphatic rings. The van der Waals surface area contributed by atoms with Gasteiger partial charge in [-0.1, -0.05) is 30.3 Å². The van der Waals surface area contributed by atoms with Crippen LogP contribution in [-0.2, 0) is 9.53 Å². The van der Waals surface area contributed by atoms with Crippen molar-refractivity contribution in [2.75, 3.05) is 20.8 Å². The van der Waals surface area contributed by atoms with Crippen molar-refractivity contribution in [2.24, 2.45) is 0 Å². The minimum atomic E-state index is -0.984. The summed E-state index contributed by atoms with van der Waals surface area (Å²) < 4.78 is 21.2. The molecule has 1 unspecified atom stereocenters. The number of fused-ring (bicyclic) bond motifs is 1. The van der Waals surface area contributed by atoms with E-state index in [-0.39, 0.29) is 30.1 Å². The summed E-state index contributed by atoms with van der Waals surface area (Å²) in [7, 11) is 2.89. The lowest BCUT2D eigenvalue weighted by Crippen LogP contribution is -2.21. The van der Waals surface area contributed by atoms with Crippen LogP contribution in [0.3, 0.4) is 0 Å². The molecular formula is C23H22O7. The molecule has 0 amide bonds. The van der Waals surface area contributed by atoms with Crippen LogP contribution < -0.4 is 15.1 Å². The Hall–Kier alpha value is -3.61. The lowest BCUT2D eigenvalue weighted by Gasteiger charge is -2.18. The molecule has 0 bridgehead atoms. The highest BCUT2D eigenvalue weighted by Crippen LogP contribution is 2.38. The number of ether oxygens (including phenoxy) is 3. The first kappa shape index (κ1) is 21.1. The van der Waals surface area contributed by atoms with Crippen LogP contribution in [0.25, 0.3) is 11.0 Å². The van der Waals surface area contributed by atoms with E-state index >= 15 is 0 Å². The normalized spacial score (nSPS) is 11.7. The second kappa shape index (κ2) is 9.26. The molecular weight excluding hydrogens is 388 g/mol. The van der Waals surface area contributed by atoms with Gasteiger partial charge >= 0.3 is 11.6 Å². The first-order valence-corrected chi connectivity index (χ1v) is 9.43. The smallest absolute Gasteiger partial charge is 0.336 e. The number of rotatable bonds is 8. The van der Waals surface area contributed by atoms with Gasteiger partial charge in [-0.25, -0.2) is 4.79 Å². The Kier molecular flexibility index (Phi) is 6.51. The van der Waals surface area contributed by atoms with Crippen molar-refractivity contribution in [3.63, 3.8) is 0 Å². The number of Topliss-reactive ketones (excluding diaryl/α,β-unsaturated/α-hetero) is 1. The van der Waals surface area contributed by atoms with Gasteiger partial charge in [-0.2, -0.15) is 0 Å². The number of esters is 1. The van der Waals surface area contributed by atoms with Crippen molar-refractivity contribution in [2.45, 2.75) is 19.3 Å². The van der Waals surface area contributed by atoms with Crippen LogP contribution in [0.15, 0.2) is 57.7 Å². The highest BCUT2D eigenvalue weighted by molar-refractivity contribution is 6.01. The molecule has 156 valence electrons. The van der Waals surface area contributed by atoms with E-state index in [9.17, 15) is 14.4 Å². The third-order valence-electron chi connectivity index (χ3n) is 4.72. The zero-order valence-electron chi connectivity index (χ0n) is 17.0. The molecule has 0 fully saturated rings. The summed E-state index contributed by atoms with van der Waals surface area (Å²) in [6.45, 7) is 1.82. The quantitative estimate of drug-likeness (QED) is 0.317. The van der Waals surface area contributed by atoms with Gasteiger partial charge in [0.2, 0.25) is 5.75 Å². The molecule has 0 aliphatic carbocycles. The van der Waals surface area contributed by atoms with Gasteiger partial charge in [-0.05, 0) is 24.6 Å². The molecule has 0 saturated heterocycles. The molecule has 0 radical (unpaired) electrons. The largest absolute Gasteiger partial charge is 0.493 e. The van der Waals surface area contributed by atoms with E-state index in [2.05, 4.69) is 0 Å². The fourth-order valence-electron chi connectivity index (χ4n) is 3.34. The second-order valence-electron chi connectivity index (χ2n) is 6.50. The fourth-order valence-corrected chi connectivity index (χ4v) is 3.34. The molecule has 3 rings (SSSR count).